The van der Waals surface area contributed by atoms with E-state index in [1.165, 1.54) is 5.56 Å². The van der Waals surface area contributed by atoms with Crippen LogP contribution in [0, 0.1) is 0 Å². The molecule has 0 aliphatic carbocycles. The van der Waals surface area contributed by atoms with Crippen LogP contribution in [0.4, 0.5) is 5.82 Å². The highest BCUT2D eigenvalue weighted by Gasteiger charge is 2.56. The molecule has 6 rings (SSSR count). The van der Waals surface area contributed by atoms with Gasteiger partial charge < -0.3 is 24.2 Å². The lowest BCUT2D eigenvalue weighted by Gasteiger charge is -2.37. The Kier molecular flexibility index (Phi) is 5.50. The Morgan fingerprint density at radius 1 is 1.12 bits per heavy atom. The molecule has 5 heterocycles. The van der Waals surface area contributed by atoms with Crippen molar-refractivity contribution in [3.8, 4) is 0 Å². The van der Waals surface area contributed by atoms with E-state index in [0.29, 0.717) is 11.2 Å². The molecule has 3 aliphatic heterocycles. The molecule has 34 heavy (non-hydrogen) atoms. The molecule has 180 valence electrons. The molecule has 3 aliphatic rings. The van der Waals surface area contributed by atoms with Gasteiger partial charge in [0, 0.05) is 6.54 Å². The van der Waals surface area contributed by atoms with Gasteiger partial charge in [-0.25, -0.2) is 4.98 Å². The van der Waals surface area contributed by atoms with E-state index in [0.717, 1.165) is 31.6 Å². The summed E-state index contributed by atoms with van der Waals surface area (Å²) in [5.74, 6) is -0.0465. The van der Waals surface area contributed by atoms with E-state index < -0.39 is 24.2 Å². The van der Waals surface area contributed by atoms with Crippen molar-refractivity contribution in [1.29, 1.82) is 0 Å². The summed E-state index contributed by atoms with van der Waals surface area (Å²) in [6.45, 7) is 4.41. The molecule has 0 radical (unpaired) electrons. The second-order valence-corrected chi connectivity index (χ2v) is 9.91. The fraction of sp³-hybridized carbons (Fsp3) is 0.542. The van der Waals surface area contributed by atoms with Gasteiger partial charge in [-0.1, -0.05) is 30.3 Å². The van der Waals surface area contributed by atoms with Gasteiger partial charge in [0.05, 0.1) is 19.0 Å². The summed E-state index contributed by atoms with van der Waals surface area (Å²) in [7, 11) is 0. The van der Waals surface area contributed by atoms with Crippen LogP contribution >= 0.6 is 11.6 Å². The third-order valence-electron chi connectivity index (χ3n) is 6.91. The smallest absolute Gasteiger partial charge is 0.226 e. The average Bonchev–Trinajstić information content (AvgIpc) is 3.49. The summed E-state index contributed by atoms with van der Waals surface area (Å²) < 4.78 is 20.1. The Balaban J connectivity index is 1.42. The number of hydrogen-bond acceptors (Lipinski definition) is 8. The zero-order valence-corrected chi connectivity index (χ0v) is 19.9. The first-order chi connectivity index (χ1) is 16.4. The molecule has 1 N–H and O–H groups in total. The molecule has 0 saturated carbocycles. The molecule has 0 spiro atoms. The number of rotatable bonds is 4. The number of piperidine rings is 1. The first-order valence-electron chi connectivity index (χ1n) is 11.8. The van der Waals surface area contributed by atoms with Crippen LogP contribution in [-0.2, 0) is 14.2 Å². The van der Waals surface area contributed by atoms with Crippen molar-refractivity contribution in [2.75, 3.05) is 18.1 Å². The van der Waals surface area contributed by atoms with Gasteiger partial charge in [0.2, 0.25) is 5.28 Å². The highest BCUT2D eigenvalue weighted by molar-refractivity contribution is 6.28. The second-order valence-electron chi connectivity index (χ2n) is 9.57. The Morgan fingerprint density at radius 2 is 1.91 bits per heavy atom. The number of aliphatic hydroxyl groups is 1. The molecular weight excluding hydrogens is 458 g/mol. The van der Waals surface area contributed by atoms with Crippen LogP contribution in [0.1, 0.15) is 50.9 Å². The minimum Gasteiger partial charge on any atom is -0.394 e. The van der Waals surface area contributed by atoms with Crippen LogP contribution < -0.4 is 4.90 Å². The molecule has 3 aromatic rings. The van der Waals surface area contributed by atoms with Crippen molar-refractivity contribution in [3.63, 3.8) is 0 Å². The standard InChI is InChI=1S/C24H28ClN5O4/c1-24(2)33-18-16(12-31)32-22(19(18)34-24)30-13-26-17-20(27-23(25)28-21(17)30)29-11-7-6-10-15(29)14-8-4-3-5-9-14/h3-5,8-9,13,15-16,18-19,22,31H,6-7,10-12H2,1-2H3/t15?,16-,18+,19?,22-/m1/s1. The monoisotopic (exact) mass is 485 g/mol. The SMILES string of the molecule is CC1(C)OC2[C@@H](O1)[C@@H](CO)O[C@H]2n1cnc2c(N3CCCCC3c3ccccc3)nc(Cl)nc21. The van der Waals surface area contributed by atoms with Crippen LogP contribution in [0.15, 0.2) is 36.7 Å². The van der Waals surface area contributed by atoms with E-state index >= 15 is 0 Å². The Hall–Kier alpha value is -2.30. The normalized spacial score (nSPS) is 30.7. The van der Waals surface area contributed by atoms with Gasteiger partial charge in [0.1, 0.15) is 18.3 Å². The summed E-state index contributed by atoms with van der Waals surface area (Å²) in [6, 6.07) is 10.7. The van der Waals surface area contributed by atoms with Crippen LogP contribution in [0.2, 0.25) is 5.28 Å². The number of aromatic nitrogens is 4. The highest BCUT2D eigenvalue weighted by Crippen LogP contribution is 2.44. The number of anilines is 1. The summed E-state index contributed by atoms with van der Waals surface area (Å²) in [5.41, 5.74) is 2.48. The molecule has 9 nitrogen and oxygen atoms in total. The maximum absolute atomic E-state index is 9.87. The Morgan fingerprint density at radius 3 is 2.71 bits per heavy atom. The number of fused-ring (bicyclic) bond motifs is 2. The number of halogens is 1. The predicted octanol–water partition coefficient (Wildman–Crippen LogP) is 3.62. The van der Waals surface area contributed by atoms with Crippen LogP contribution in [0.5, 0.6) is 0 Å². The fourth-order valence-electron chi connectivity index (χ4n) is 5.50. The maximum atomic E-state index is 9.87. The average molecular weight is 486 g/mol. The quantitative estimate of drug-likeness (QED) is 0.560. The first-order valence-corrected chi connectivity index (χ1v) is 12.2. The van der Waals surface area contributed by atoms with E-state index in [4.69, 9.17) is 30.8 Å². The third-order valence-corrected chi connectivity index (χ3v) is 7.08. The van der Waals surface area contributed by atoms with Gasteiger partial charge in [-0.3, -0.25) is 4.57 Å². The van der Waals surface area contributed by atoms with E-state index in [1.54, 1.807) is 6.33 Å². The van der Waals surface area contributed by atoms with Crippen molar-refractivity contribution in [3.05, 3.63) is 47.5 Å². The van der Waals surface area contributed by atoms with Gasteiger partial charge >= 0.3 is 0 Å². The molecule has 0 bridgehead atoms. The van der Waals surface area contributed by atoms with Gasteiger partial charge in [0.15, 0.2) is 29.0 Å². The Bertz CT molecular complexity index is 1190. The molecule has 2 unspecified atom stereocenters. The first kappa shape index (κ1) is 22.2. The number of nitrogens with zero attached hydrogens (tertiary/aromatic N) is 5. The molecule has 10 heteroatoms. The zero-order valence-electron chi connectivity index (χ0n) is 19.2. The van der Waals surface area contributed by atoms with Crippen LogP contribution in [0.25, 0.3) is 11.2 Å². The summed E-state index contributed by atoms with van der Waals surface area (Å²) in [5, 5.41) is 10.0. The fourth-order valence-corrected chi connectivity index (χ4v) is 5.66. The summed E-state index contributed by atoms with van der Waals surface area (Å²) in [4.78, 5) is 16.2. The number of aliphatic hydroxyl groups excluding tert-OH is 1. The number of hydrogen-bond donors (Lipinski definition) is 1. The van der Waals surface area contributed by atoms with Crippen LogP contribution in [-0.4, -0.2) is 61.9 Å². The Labute approximate surface area is 202 Å². The minimum absolute atomic E-state index is 0.152. The van der Waals surface area contributed by atoms with E-state index in [1.807, 2.05) is 24.5 Å². The van der Waals surface area contributed by atoms with Gasteiger partial charge in [-0.05, 0) is 50.3 Å². The van der Waals surface area contributed by atoms with Crippen molar-refractivity contribution in [2.45, 2.75) is 69.5 Å². The van der Waals surface area contributed by atoms with Crippen molar-refractivity contribution in [1.82, 2.24) is 19.5 Å². The van der Waals surface area contributed by atoms with E-state index in [-0.39, 0.29) is 24.0 Å². The molecule has 0 amide bonds. The maximum Gasteiger partial charge on any atom is 0.226 e. The molecule has 5 atom stereocenters. The highest BCUT2D eigenvalue weighted by atomic mass is 35.5. The lowest BCUT2D eigenvalue weighted by molar-refractivity contribution is -0.199. The lowest BCUT2D eigenvalue weighted by atomic mass is 9.95. The van der Waals surface area contributed by atoms with Gasteiger partial charge in [-0.15, -0.1) is 0 Å². The number of imidazole rings is 1. The number of benzene rings is 1. The third kappa shape index (κ3) is 3.67. The molecule has 3 fully saturated rings. The summed E-state index contributed by atoms with van der Waals surface area (Å²) in [6.07, 6.45) is 3.09. The van der Waals surface area contributed by atoms with Gasteiger partial charge in [0.25, 0.3) is 0 Å². The molecule has 3 saturated heterocycles. The lowest BCUT2D eigenvalue weighted by Crippen LogP contribution is -2.34. The zero-order chi connectivity index (χ0) is 23.4. The van der Waals surface area contributed by atoms with E-state index in [2.05, 4.69) is 39.1 Å². The minimum atomic E-state index is -0.768. The van der Waals surface area contributed by atoms with Crippen molar-refractivity contribution in [2.24, 2.45) is 0 Å². The second kappa shape index (κ2) is 8.42. The molecule has 2 aromatic heterocycles. The molecule has 1 aromatic carbocycles. The van der Waals surface area contributed by atoms with E-state index in [9.17, 15) is 5.11 Å². The van der Waals surface area contributed by atoms with Gasteiger partial charge in [-0.2, -0.15) is 9.97 Å². The molecular formula is C24H28ClN5O4. The van der Waals surface area contributed by atoms with Crippen molar-refractivity contribution >= 4 is 28.6 Å². The van der Waals surface area contributed by atoms with Crippen molar-refractivity contribution < 1.29 is 19.3 Å². The summed E-state index contributed by atoms with van der Waals surface area (Å²) >= 11 is 6.46. The number of ether oxygens (including phenoxy) is 3. The topological polar surface area (TPSA) is 94.8 Å². The van der Waals surface area contributed by atoms with Crippen LogP contribution in [0.3, 0.4) is 0 Å². The predicted molar refractivity (Wildman–Crippen MR) is 126 cm³/mol. The largest absolute Gasteiger partial charge is 0.394 e.